The Balaban J connectivity index is 1.50. The van der Waals surface area contributed by atoms with Crippen LogP contribution >= 0.6 is 0 Å². The number of H-pyrrole nitrogens is 1. The van der Waals surface area contributed by atoms with E-state index in [1.165, 1.54) is 27.8 Å². The highest BCUT2D eigenvalue weighted by Gasteiger charge is 2.11. The van der Waals surface area contributed by atoms with Gasteiger partial charge in [0.2, 0.25) is 0 Å². The molecule has 1 N–H and O–H groups in total. The predicted octanol–water partition coefficient (Wildman–Crippen LogP) is 5.08. The van der Waals surface area contributed by atoms with Crippen LogP contribution in [-0.2, 0) is 13.1 Å². The van der Waals surface area contributed by atoms with Gasteiger partial charge in [0.05, 0.1) is 11.9 Å². The minimum absolute atomic E-state index is 0.827. The van der Waals surface area contributed by atoms with Gasteiger partial charge in [-0.25, -0.2) is 0 Å². The maximum Gasteiger partial charge on any atom is 0.0695 e. The van der Waals surface area contributed by atoms with Crippen LogP contribution in [0.4, 0.5) is 0 Å². The summed E-state index contributed by atoms with van der Waals surface area (Å²) in [4.78, 5) is 6.48. The lowest BCUT2D eigenvalue weighted by molar-refractivity contribution is 0.319. The SMILES string of the molecule is Cc1cnccc1CN(C)Cc1cn[nH]c1-c1ccc(-c2ccccc2)cc1. The standard InChI is InChI=1S/C24H24N4/c1-18-14-25-13-12-22(18)16-28(2)17-23-15-26-27-24(23)21-10-8-20(9-11-21)19-6-4-3-5-7-19/h3-15H,16-17H2,1-2H3,(H,26,27). The number of nitrogens with zero attached hydrogens (tertiary/aromatic N) is 3. The number of nitrogens with one attached hydrogen (secondary N) is 1. The quantitative estimate of drug-likeness (QED) is 0.516. The molecule has 0 aliphatic carbocycles. The lowest BCUT2D eigenvalue weighted by atomic mass is 10.0. The fourth-order valence-electron chi connectivity index (χ4n) is 3.46. The predicted molar refractivity (Wildman–Crippen MR) is 114 cm³/mol. The van der Waals surface area contributed by atoms with E-state index in [1.807, 2.05) is 24.7 Å². The highest BCUT2D eigenvalue weighted by Crippen LogP contribution is 2.26. The van der Waals surface area contributed by atoms with Gasteiger partial charge in [-0.15, -0.1) is 0 Å². The van der Waals surface area contributed by atoms with Gasteiger partial charge in [0.1, 0.15) is 0 Å². The molecule has 0 amide bonds. The number of hydrogen-bond acceptors (Lipinski definition) is 3. The lowest BCUT2D eigenvalue weighted by Crippen LogP contribution is -2.18. The van der Waals surface area contributed by atoms with Crippen LogP contribution in [0, 0.1) is 6.92 Å². The molecule has 0 aliphatic heterocycles. The number of benzene rings is 2. The Morgan fingerprint density at radius 2 is 1.46 bits per heavy atom. The normalized spacial score (nSPS) is 11.1. The Labute approximate surface area is 165 Å². The molecule has 0 radical (unpaired) electrons. The Kier molecular flexibility index (Phi) is 5.31. The van der Waals surface area contributed by atoms with Gasteiger partial charge in [-0.05, 0) is 47.9 Å². The number of aromatic nitrogens is 3. The molecule has 2 aromatic carbocycles. The minimum Gasteiger partial charge on any atom is -0.298 e. The largest absolute Gasteiger partial charge is 0.298 e. The first-order chi connectivity index (χ1) is 13.7. The second-order valence-electron chi connectivity index (χ2n) is 7.19. The Morgan fingerprint density at radius 1 is 0.786 bits per heavy atom. The van der Waals surface area contributed by atoms with E-state index < -0.39 is 0 Å². The Bertz CT molecular complexity index is 1040. The van der Waals surface area contributed by atoms with E-state index in [0.29, 0.717) is 0 Å². The summed E-state index contributed by atoms with van der Waals surface area (Å²) in [6, 6.07) is 21.2. The maximum absolute atomic E-state index is 4.30. The van der Waals surface area contributed by atoms with Gasteiger partial charge in [0.25, 0.3) is 0 Å². The lowest BCUT2D eigenvalue weighted by Gasteiger charge is -2.18. The van der Waals surface area contributed by atoms with Crippen LogP contribution in [0.1, 0.15) is 16.7 Å². The van der Waals surface area contributed by atoms with Crippen LogP contribution in [0.15, 0.2) is 79.3 Å². The van der Waals surface area contributed by atoms with Gasteiger partial charge in [0.15, 0.2) is 0 Å². The van der Waals surface area contributed by atoms with Crippen LogP contribution in [0.5, 0.6) is 0 Å². The highest BCUT2D eigenvalue weighted by molar-refractivity contribution is 5.69. The van der Waals surface area contributed by atoms with Gasteiger partial charge in [-0.2, -0.15) is 5.10 Å². The number of hydrogen-bond donors (Lipinski definition) is 1. The molecule has 28 heavy (non-hydrogen) atoms. The molecule has 0 atom stereocenters. The third kappa shape index (κ3) is 4.02. The molecule has 0 fully saturated rings. The zero-order valence-corrected chi connectivity index (χ0v) is 16.3. The first kappa shape index (κ1) is 18.1. The van der Waals surface area contributed by atoms with E-state index in [-0.39, 0.29) is 0 Å². The third-order valence-corrected chi connectivity index (χ3v) is 5.02. The molecule has 0 bridgehead atoms. The van der Waals surface area contributed by atoms with Crippen molar-refractivity contribution in [3.8, 4) is 22.4 Å². The molecule has 4 heteroatoms. The smallest absolute Gasteiger partial charge is 0.0695 e. The molecule has 140 valence electrons. The van der Waals surface area contributed by atoms with E-state index in [1.54, 1.807) is 0 Å². The summed E-state index contributed by atoms with van der Waals surface area (Å²) in [5, 5.41) is 7.47. The molecule has 0 saturated heterocycles. The summed E-state index contributed by atoms with van der Waals surface area (Å²) >= 11 is 0. The molecule has 4 rings (SSSR count). The summed E-state index contributed by atoms with van der Waals surface area (Å²) in [7, 11) is 2.13. The van der Waals surface area contributed by atoms with Crippen molar-refractivity contribution in [3.63, 3.8) is 0 Å². The molecule has 0 saturated carbocycles. The average molecular weight is 368 g/mol. The van der Waals surface area contributed by atoms with Crippen molar-refractivity contribution in [3.05, 3.63) is 95.9 Å². The molecule has 4 nitrogen and oxygen atoms in total. The molecule has 2 aromatic heterocycles. The van der Waals surface area contributed by atoms with Crippen LogP contribution in [0.25, 0.3) is 22.4 Å². The summed E-state index contributed by atoms with van der Waals surface area (Å²) < 4.78 is 0. The van der Waals surface area contributed by atoms with Crippen molar-refractivity contribution in [1.82, 2.24) is 20.1 Å². The summed E-state index contributed by atoms with van der Waals surface area (Å²) in [6.07, 6.45) is 5.70. The Hall–Kier alpha value is -3.24. The molecular formula is C24H24N4. The van der Waals surface area contributed by atoms with Gasteiger partial charge < -0.3 is 0 Å². The third-order valence-electron chi connectivity index (χ3n) is 5.02. The van der Waals surface area contributed by atoms with E-state index in [4.69, 9.17) is 0 Å². The van der Waals surface area contributed by atoms with E-state index in [2.05, 4.69) is 88.6 Å². The zero-order chi connectivity index (χ0) is 19.3. The zero-order valence-electron chi connectivity index (χ0n) is 16.3. The maximum atomic E-state index is 4.30. The van der Waals surface area contributed by atoms with Gasteiger partial charge in [-0.1, -0.05) is 54.6 Å². The molecular weight excluding hydrogens is 344 g/mol. The van der Waals surface area contributed by atoms with E-state index in [9.17, 15) is 0 Å². The molecule has 0 spiro atoms. The topological polar surface area (TPSA) is 44.8 Å². The van der Waals surface area contributed by atoms with Crippen molar-refractivity contribution in [2.75, 3.05) is 7.05 Å². The number of rotatable bonds is 6. The van der Waals surface area contributed by atoms with Gasteiger partial charge >= 0.3 is 0 Å². The average Bonchev–Trinajstić information content (AvgIpc) is 3.18. The number of aromatic amines is 1. The first-order valence-corrected chi connectivity index (χ1v) is 9.47. The van der Waals surface area contributed by atoms with Crippen LogP contribution < -0.4 is 0 Å². The summed E-state index contributed by atoms with van der Waals surface area (Å²) in [5.41, 5.74) is 8.40. The van der Waals surface area contributed by atoms with Crippen molar-refractivity contribution in [2.24, 2.45) is 0 Å². The Morgan fingerprint density at radius 3 is 2.21 bits per heavy atom. The highest BCUT2D eigenvalue weighted by atomic mass is 15.1. The summed E-state index contributed by atoms with van der Waals surface area (Å²) in [6.45, 7) is 3.81. The fraction of sp³-hybridized carbons (Fsp3) is 0.167. The van der Waals surface area contributed by atoms with Crippen molar-refractivity contribution < 1.29 is 0 Å². The van der Waals surface area contributed by atoms with Crippen LogP contribution in [0.2, 0.25) is 0 Å². The number of aryl methyl sites for hydroxylation is 1. The summed E-state index contributed by atoms with van der Waals surface area (Å²) in [5.74, 6) is 0. The number of pyridine rings is 1. The first-order valence-electron chi connectivity index (χ1n) is 9.47. The molecule has 2 heterocycles. The monoisotopic (exact) mass is 368 g/mol. The van der Waals surface area contributed by atoms with Crippen molar-refractivity contribution >= 4 is 0 Å². The minimum atomic E-state index is 0.827. The molecule has 0 unspecified atom stereocenters. The molecule has 4 aromatic rings. The van der Waals surface area contributed by atoms with Crippen molar-refractivity contribution in [1.29, 1.82) is 0 Å². The van der Waals surface area contributed by atoms with E-state index in [0.717, 1.165) is 24.3 Å². The van der Waals surface area contributed by atoms with Crippen LogP contribution in [0.3, 0.4) is 0 Å². The van der Waals surface area contributed by atoms with Crippen molar-refractivity contribution in [2.45, 2.75) is 20.0 Å². The molecule has 0 aliphatic rings. The second kappa shape index (κ2) is 8.19. The second-order valence-corrected chi connectivity index (χ2v) is 7.19. The fourth-order valence-corrected chi connectivity index (χ4v) is 3.46. The van der Waals surface area contributed by atoms with Crippen LogP contribution in [-0.4, -0.2) is 27.1 Å². The van der Waals surface area contributed by atoms with Gasteiger partial charge in [0, 0.05) is 31.0 Å². The van der Waals surface area contributed by atoms with Gasteiger partial charge in [-0.3, -0.25) is 15.0 Å². The van der Waals surface area contributed by atoms with E-state index >= 15 is 0 Å².